The normalized spacial score (nSPS) is 10.6. The van der Waals surface area contributed by atoms with E-state index in [9.17, 15) is 9.18 Å². The second-order valence-electron chi connectivity index (χ2n) is 6.72. The number of benzene rings is 2. The molecule has 0 aliphatic carbocycles. The van der Waals surface area contributed by atoms with Gasteiger partial charge < -0.3 is 4.74 Å². The number of halogens is 1. The molecule has 0 saturated carbocycles. The number of carbonyl (C=O) groups is 1. The van der Waals surface area contributed by atoms with Gasteiger partial charge in [-0.15, -0.1) is 0 Å². The van der Waals surface area contributed by atoms with Gasteiger partial charge in [0, 0.05) is 0 Å². The van der Waals surface area contributed by atoms with E-state index in [1.165, 1.54) is 12.5 Å². The average Bonchev–Trinajstić information content (AvgIpc) is 2.49. The first kappa shape index (κ1) is 19.9. The van der Waals surface area contributed by atoms with Gasteiger partial charge in [-0.2, -0.15) is 0 Å². The van der Waals surface area contributed by atoms with Crippen molar-refractivity contribution in [2.45, 2.75) is 53.6 Å². The third-order valence-electron chi connectivity index (χ3n) is 3.03. The van der Waals surface area contributed by atoms with Gasteiger partial charge >= 0.3 is 5.97 Å². The molecule has 2 nitrogen and oxygen atoms in total. The number of hydrogen-bond donors (Lipinski definition) is 0. The van der Waals surface area contributed by atoms with Crippen molar-refractivity contribution < 1.29 is 13.9 Å². The number of aryl methyl sites for hydroxylation is 1. The predicted octanol–water partition coefficient (Wildman–Crippen LogP) is 6.17. The molecule has 0 atom stereocenters. The summed E-state index contributed by atoms with van der Waals surface area (Å²) in [7, 11) is 0. The number of rotatable bonds is 2. The van der Waals surface area contributed by atoms with Crippen molar-refractivity contribution in [1.82, 2.24) is 0 Å². The van der Waals surface area contributed by atoms with Crippen LogP contribution in [0.25, 0.3) is 11.1 Å². The zero-order valence-corrected chi connectivity index (χ0v) is 15.4. The topological polar surface area (TPSA) is 26.3 Å². The molecular formula is C21H27FO2. The number of esters is 1. The number of carbonyl (C=O) groups excluding carboxylic acids is 1. The minimum atomic E-state index is -0.567. The van der Waals surface area contributed by atoms with E-state index in [1.807, 2.05) is 32.9 Å². The van der Waals surface area contributed by atoms with Crippen LogP contribution in [0.1, 0.15) is 57.0 Å². The van der Waals surface area contributed by atoms with Crippen LogP contribution < -0.4 is 0 Å². The van der Waals surface area contributed by atoms with Gasteiger partial charge in [0.2, 0.25) is 0 Å². The van der Waals surface area contributed by atoms with Crippen molar-refractivity contribution in [1.29, 1.82) is 0 Å². The summed E-state index contributed by atoms with van der Waals surface area (Å²) >= 11 is 0. The highest BCUT2D eigenvalue weighted by atomic mass is 19.1. The van der Waals surface area contributed by atoms with Crippen LogP contribution >= 0.6 is 0 Å². The van der Waals surface area contributed by atoms with Crippen molar-refractivity contribution >= 4 is 5.97 Å². The fraction of sp³-hybridized carbons (Fsp3) is 0.381. The molecule has 3 heteroatoms. The molecule has 0 heterocycles. The van der Waals surface area contributed by atoms with Crippen LogP contribution in [0.3, 0.4) is 0 Å². The van der Waals surface area contributed by atoms with Gasteiger partial charge in [0.25, 0.3) is 0 Å². The third kappa shape index (κ3) is 5.80. The van der Waals surface area contributed by atoms with E-state index in [-0.39, 0.29) is 5.82 Å². The largest absolute Gasteiger partial charge is 0.456 e. The number of hydrogen-bond acceptors (Lipinski definition) is 2. The standard InChI is InChI=1S/C18H19FO2.C3H8/c1-12-9-10-13(11-16(12)19)14-7-5-6-8-15(14)17(20)21-18(2,3)4;1-3-2/h5-11H,1-4H3;3H2,1-2H3. The number of ether oxygens (including phenoxy) is 1. The lowest BCUT2D eigenvalue weighted by Gasteiger charge is -2.20. The molecule has 2 aromatic rings. The van der Waals surface area contributed by atoms with Gasteiger partial charge in [-0.3, -0.25) is 0 Å². The Bertz CT molecular complexity index is 684. The quantitative estimate of drug-likeness (QED) is 0.615. The Labute approximate surface area is 144 Å². The van der Waals surface area contributed by atoms with Gasteiger partial charge in [-0.25, -0.2) is 9.18 Å². The molecule has 130 valence electrons. The molecule has 0 aliphatic rings. The van der Waals surface area contributed by atoms with Gasteiger partial charge in [0.15, 0.2) is 0 Å². The summed E-state index contributed by atoms with van der Waals surface area (Å²) in [6.45, 7) is 11.4. The lowest BCUT2D eigenvalue weighted by atomic mass is 9.98. The molecule has 0 bridgehead atoms. The van der Waals surface area contributed by atoms with Crippen molar-refractivity contribution in [3.8, 4) is 11.1 Å². The Morgan fingerprint density at radius 1 is 1.08 bits per heavy atom. The smallest absolute Gasteiger partial charge is 0.339 e. The van der Waals surface area contributed by atoms with Gasteiger partial charge in [0.05, 0.1) is 5.56 Å². The molecule has 0 amide bonds. The Morgan fingerprint density at radius 2 is 1.67 bits per heavy atom. The zero-order valence-electron chi connectivity index (χ0n) is 15.4. The van der Waals surface area contributed by atoms with E-state index in [0.717, 1.165) is 0 Å². The first-order valence-corrected chi connectivity index (χ1v) is 8.28. The summed E-state index contributed by atoms with van der Waals surface area (Å²) in [4.78, 5) is 12.3. The van der Waals surface area contributed by atoms with Crippen LogP contribution in [0.15, 0.2) is 42.5 Å². The maximum Gasteiger partial charge on any atom is 0.339 e. The zero-order chi connectivity index (χ0) is 18.3. The molecule has 2 rings (SSSR count). The molecule has 0 aliphatic heterocycles. The summed E-state index contributed by atoms with van der Waals surface area (Å²) in [6.07, 6.45) is 1.25. The highest BCUT2D eigenvalue weighted by Gasteiger charge is 2.20. The Balaban J connectivity index is 0.000000891. The first-order chi connectivity index (χ1) is 11.2. The summed E-state index contributed by atoms with van der Waals surface area (Å²) in [5, 5.41) is 0. The molecule has 0 fully saturated rings. The Hall–Kier alpha value is -2.16. The van der Waals surface area contributed by atoms with E-state index in [0.29, 0.717) is 22.3 Å². The van der Waals surface area contributed by atoms with Crippen LogP contribution in [0.5, 0.6) is 0 Å². The molecular weight excluding hydrogens is 303 g/mol. The van der Waals surface area contributed by atoms with Gasteiger partial charge in [-0.05, 0) is 56.5 Å². The van der Waals surface area contributed by atoms with Crippen molar-refractivity contribution in [2.24, 2.45) is 0 Å². The van der Waals surface area contributed by atoms with Crippen LogP contribution in [0, 0.1) is 12.7 Å². The molecule has 0 aromatic heterocycles. The highest BCUT2D eigenvalue weighted by Crippen LogP contribution is 2.27. The molecule has 0 spiro atoms. The minimum Gasteiger partial charge on any atom is -0.456 e. The van der Waals surface area contributed by atoms with Gasteiger partial charge in [-0.1, -0.05) is 50.6 Å². The van der Waals surface area contributed by atoms with Crippen molar-refractivity contribution in [2.75, 3.05) is 0 Å². The average molecular weight is 330 g/mol. The molecule has 2 aromatic carbocycles. The van der Waals surface area contributed by atoms with E-state index in [1.54, 1.807) is 31.2 Å². The SMILES string of the molecule is CCC.Cc1ccc(-c2ccccc2C(=O)OC(C)(C)C)cc1F. The summed E-state index contributed by atoms with van der Waals surface area (Å²) in [5.41, 5.74) is 1.79. The Kier molecular flexibility index (Phi) is 7.15. The molecule has 0 N–H and O–H groups in total. The lowest BCUT2D eigenvalue weighted by molar-refractivity contribution is 0.00704. The maximum absolute atomic E-state index is 13.8. The van der Waals surface area contributed by atoms with E-state index in [2.05, 4.69) is 13.8 Å². The van der Waals surface area contributed by atoms with E-state index < -0.39 is 11.6 Å². The first-order valence-electron chi connectivity index (χ1n) is 8.28. The summed E-state index contributed by atoms with van der Waals surface area (Å²) < 4.78 is 19.2. The monoisotopic (exact) mass is 330 g/mol. The predicted molar refractivity (Wildman–Crippen MR) is 97.7 cm³/mol. The highest BCUT2D eigenvalue weighted by molar-refractivity contribution is 5.97. The molecule has 0 saturated heterocycles. The van der Waals surface area contributed by atoms with E-state index >= 15 is 0 Å². The van der Waals surface area contributed by atoms with Crippen LogP contribution in [-0.4, -0.2) is 11.6 Å². The second kappa shape index (κ2) is 8.62. The lowest BCUT2D eigenvalue weighted by Crippen LogP contribution is -2.24. The third-order valence-corrected chi connectivity index (χ3v) is 3.03. The van der Waals surface area contributed by atoms with Crippen LogP contribution in [0.4, 0.5) is 4.39 Å². The fourth-order valence-corrected chi connectivity index (χ4v) is 2.01. The van der Waals surface area contributed by atoms with E-state index in [4.69, 9.17) is 4.74 Å². The molecule has 0 radical (unpaired) electrons. The van der Waals surface area contributed by atoms with Crippen molar-refractivity contribution in [3.05, 3.63) is 59.4 Å². The fourth-order valence-electron chi connectivity index (χ4n) is 2.01. The second-order valence-corrected chi connectivity index (χ2v) is 6.72. The minimum absolute atomic E-state index is 0.286. The van der Waals surface area contributed by atoms with Crippen LogP contribution in [-0.2, 0) is 4.74 Å². The maximum atomic E-state index is 13.8. The molecule has 24 heavy (non-hydrogen) atoms. The molecule has 0 unspecified atom stereocenters. The van der Waals surface area contributed by atoms with Crippen LogP contribution in [0.2, 0.25) is 0 Å². The summed E-state index contributed by atoms with van der Waals surface area (Å²) in [6, 6.07) is 12.0. The van der Waals surface area contributed by atoms with Gasteiger partial charge in [0.1, 0.15) is 11.4 Å². The Morgan fingerprint density at radius 3 is 2.21 bits per heavy atom. The van der Waals surface area contributed by atoms with Crippen molar-refractivity contribution in [3.63, 3.8) is 0 Å². The summed E-state index contributed by atoms with van der Waals surface area (Å²) in [5.74, 6) is -0.689.